The van der Waals surface area contributed by atoms with Crippen LogP contribution in [0.25, 0.3) is 0 Å². The van der Waals surface area contributed by atoms with Crippen LogP contribution >= 0.6 is 0 Å². The van der Waals surface area contributed by atoms with Crippen molar-refractivity contribution in [2.75, 3.05) is 23.8 Å². The number of amides is 1. The number of hydrogen-bond acceptors (Lipinski definition) is 7. The molecule has 0 radical (unpaired) electrons. The molecule has 1 aromatic heterocycles. The highest BCUT2D eigenvalue weighted by Gasteiger charge is 2.10. The van der Waals surface area contributed by atoms with E-state index in [1.807, 2.05) is 0 Å². The molecule has 18 heavy (non-hydrogen) atoms. The maximum Gasteiger partial charge on any atom is 0.276 e. The summed E-state index contributed by atoms with van der Waals surface area (Å²) < 4.78 is 0. The summed E-state index contributed by atoms with van der Waals surface area (Å²) in [5.41, 5.74) is 2.12. The van der Waals surface area contributed by atoms with Crippen LogP contribution in [0.5, 0.6) is 0 Å². The van der Waals surface area contributed by atoms with Crippen molar-refractivity contribution in [1.82, 2.24) is 10.3 Å². The van der Waals surface area contributed by atoms with Gasteiger partial charge in [0.15, 0.2) is 0 Å². The summed E-state index contributed by atoms with van der Waals surface area (Å²) in [7, 11) is 0. The highest BCUT2D eigenvalue weighted by molar-refractivity contribution is 5.72. The molecular weight excluding hydrogens is 240 g/mol. The van der Waals surface area contributed by atoms with Gasteiger partial charge in [0.1, 0.15) is 11.6 Å². The smallest absolute Gasteiger partial charge is 0.276 e. The summed E-state index contributed by atoms with van der Waals surface area (Å²) in [6.07, 6.45) is 0. The van der Waals surface area contributed by atoms with Gasteiger partial charge in [-0.15, -0.1) is 0 Å². The van der Waals surface area contributed by atoms with Crippen LogP contribution < -0.4 is 21.9 Å². The van der Waals surface area contributed by atoms with E-state index in [1.54, 1.807) is 0 Å². The Morgan fingerprint density at radius 2 is 2.11 bits per heavy atom. The number of carbonyl (C=O) groups is 1. The van der Waals surface area contributed by atoms with Crippen molar-refractivity contribution in [2.24, 2.45) is 5.84 Å². The number of aromatic nitrogens is 1. The fourth-order valence-electron chi connectivity index (χ4n) is 1.22. The van der Waals surface area contributed by atoms with Gasteiger partial charge in [-0.1, -0.05) is 0 Å². The van der Waals surface area contributed by atoms with Gasteiger partial charge in [0, 0.05) is 20.0 Å². The number of hydrogen-bond donors (Lipinski definition) is 4. The minimum Gasteiger partial charge on any atom is -0.368 e. The number of hydrazine groups is 1. The summed E-state index contributed by atoms with van der Waals surface area (Å²) >= 11 is 0. The van der Waals surface area contributed by atoms with Gasteiger partial charge in [0.2, 0.25) is 5.91 Å². The number of nitrogens with two attached hydrogens (primary N) is 1. The molecule has 0 bridgehead atoms. The van der Waals surface area contributed by atoms with Crippen molar-refractivity contribution in [3.05, 3.63) is 22.2 Å². The molecule has 5 N–H and O–H groups in total. The Kier molecular flexibility index (Phi) is 4.81. The first-order valence-electron chi connectivity index (χ1n) is 5.14. The molecule has 0 atom stereocenters. The third kappa shape index (κ3) is 4.22. The number of nitro groups is 1. The van der Waals surface area contributed by atoms with E-state index in [-0.39, 0.29) is 17.4 Å². The lowest BCUT2D eigenvalue weighted by atomic mass is 10.3. The maximum atomic E-state index is 10.7. The highest BCUT2D eigenvalue weighted by Crippen LogP contribution is 2.19. The van der Waals surface area contributed by atoms with E-state index >= 15 is 0 Å². The molecule has 0 aromatic carbocycles. The van der Waals surface area contributed by atoms with Gasteiger partial charge in [-0.3, -0.25) is 14.9 Å². The third-order valence-electron chi connectivity index (χ3n) is 1.97. The van der Waals surface area contributed by atoms with Crippen molar-refractivity contribution in [1.29, 1.82) is 0 Å². The molecule has 0 aliphatic carbocycles. The van der Waals surface area contributed by atoms with Gasteiger partial charge in [0.05, 0.1) is 17.1 Å². The molecule has 0 unspecified atom stereocenters. The van der Waals surface area contributed by atoms with Crippen molar-refractivity contribution < 1.29 is 9.72 Å². The van der Waals surface area contributed by atoms with Crippen molar-refractivity contribution >= 4 is 23.2 Å². The largest absolute Gasteiger partial charge is 0.368 e. The van der Waals surface area contributed by atoms with Gasteiger partial charge in [-0.2, -0.15) is 0 Å². The van der Waals surface area contributed by atoms with E-state index in [1.165, 1.54) is 19.1 Å². The van der Waals surface area contributed by atoms with Crippen LogP contribution in [-0.2, 0) is 4.79 Å². The van der Waals surface area contributed by atoms with Crippen molar-refractivity contribution in [3.63, 3.8) is 0 Å². The zero-order valence-corrected chi connectivity index (χ0v) is 9.77. The molecule has 98 valence electrons. The van der Waals surface area contributed by atoms with Crippen LogP contribution in [0.2, 0.25) is 0 Å². The number of carbonyl (C=O) groups excluding carboxylic acids is 1. The fraction of sp³-hybridized carbons (Fsp3) is 0.333. The monoisotopic (exact) mass is 254 g/mol. The first-order valence-corrected chi connectivity index (χ1v) is 5.14. The zero-order valence-electron chi connectivity index (χ0n) is 9.77. The minimum absolute atomic E-state index is 0.125. The topological polar surface area (TPSA) is 135 Å². The molecule has 0 aliphatic rings. The quantitative estimate of drug-likeness (QED) is 0.239. The van der Waals surface area contributed by atoms with E-state index in [4.69, 9.17) is 5.84 Å². The molecule has 9 nitrogen and oxygen atoms in total. The first kappa shape index (κ1) is 13.6. The summed E-state index contributed by atoms with van der Waals surface area (Å²) in [5, 5.41) is 16.1. The lowest BCUT2D eigenvalue weighted by Crippen LogP contribution is -2.26. The minimum atomic E-state index is -0.540. The summed E-state index contributed by atoms with van der Waals surface area (Å²) in [5.74, 6) is 5.51. The van der Waals surface area contributed by atoms with Gasteiger partial charge in [-0.25, -0.2) is 10.8 Å². The highest BCUT2D eigenvalue weighted by atomic mass is 16.6. The number of rotatable bonds is 6. The molecular formula is C9H14N6O3. The Morgan fingerprint density at radius 1 is 1.44 bits per heavy atom. The molecule has 1 heterocycles. The van der Waals surface area contributed by atoms with E-state index in [0.717, 1.165) is 0 Å². The molecule has 0 aliphatic heterocycles. The number of nitrogens with zero attached hydrogens (tertiary/aromatic N) is 2. The summed E-state index contributed by atoms with van der Waals surface area (Å²) in [4.78, 5) is 24.7. The molecule has 0 fully saturated rings. The van der Waals surface area contributed by atoms with E-state index in [9.17, 15) is 14.9 Å². The number of nitrogens with one attached hydrogen (secondary N) is 3. The van der Waals surface area contributed by atoms with E-state index < -0.39 is 4.92 Å². The Labute approximate surface area is 103 Å². The molecule has 0 spiro atoms. The molecule has 1 rings (SSSR count). The number of nitrogen functional groups attached to an aromatic ring is 1. The first-order chi connectivity index (χ1) is 8.52. The van der Waals surface area contributed by atoms with Gasteiger partial charge in [-0.05, 0) is 0 Å². The second-order valence-corrected chi connectivity index (χ2v) is 3.41. The summed E-state index contributed by atoms with van der Waals surface area (Å²) in [6, 6.07) is 2.51. The second kappa shape index (κ2) is 6.35. The summed E-state index contributed by atoms with van der Waals surface area (Å²) in [6.45, 7) is 2.20. The standard InChI is InChI=1S/C9H14N6O3/c1-6(16)11-2-3-12-8-4-7(15(17)18)5-9(13-8)14-10/h4-5H,2-3,10H2,1H3,(H,11,16)(H2,12,13,14). The Bertz CT molecular complexity index is 450. The van der Waals surface area contributed by atoms with Crippen LogP contribution in [0, 0.1) is 10.1 Å². The van der Waals surface area contributed by atoms with E-state index in [2.05, 4.69) is 21.0 Å². The Hall–Kier alpha value is -2.42. The zero-order chi connectivity index (χ0) is 13.5. The maximum absolute atomic E-state index is 10.7. The fourth-order valence-corrected chi connectivity index (χ4v) is 1.22. The van der Waals surface area contributed by atoms with Gasteiger partial charge >= 0.3 is 0 Å². The molecule has 1 aromatic rings. The SMILES string of the molecule is CC(=O)NCCNc1cc([N+](=O)[O-])cc(NN)n1. The van der Waals surface area contributed by atoms with Crippen LogP contribution in [0.1, 0.15) is 6.92 Å². The molecule has 0 saturated carbocycles. The Balaban J connectivity index is 2.66. The predicted octanol–water partition coefficient (Wildman–Crippen LogP) is -0.177. The van der Waals surface area contributed by atoms with Crippen molar-refractivity contribution in [2.45, 2.75) is 6.92 Å². The van der Waals surface area contributed by atoms with Gasteiger partial charge < -0.3 is 16.1 Å². The normalized spacial score (nSPS) is 9.67. The average Bonchev–Trinajstić information content (AvgIpc) is 2.34. The molecule has 1 amide bonds. The number of anilines is 2. The number of pyridine rings is 1. The van der Waals surface area contributed by atoms with Crippen molar-refractivity contribution in [3.8, 4) is 0 Å². The van der Waals surface area contributed by atoms with Crippen LogP contribution in [0.3, 0.4) is 0 Å². The predicted molar refractivity (Wildman–Crippen MR) is 65.9 cm³/mol. The molecule has 9 heteroatoms. The third-order valence-corrected chi connectivity index (χ3v) is 1.97. The second-order valence-electron chi connectivity index (χ2n) is 3.41. The lowest BCUT2D eigenvalue weighted by Gasteiger charge is -2.07. The Morgan fingerprint density at radius 3 is 2.67 bits per heavy atom. The van der Waals surface area contributed by atoms with Gasteiger partial charge in [0.25, 0.3) is 5.69 Å². The molecule has 0 saturated heterocycles. The lowest BCUT2D eigenvalue weighted by molar-refractivity contribution is -0.384. The van der Waals surface area contributed by atoms with Crippen LogP contribution in [-0.4, -0.2) is 28.9 Å². The van der Waals surface area contributed by atoms with Crippen LogP contribution in [0.4, 0.5) is 17.3 Å². The van der Waals surface area contributed by atoms with Crippen LogP contribution in [0.15, 0.2) is 12.1 Å². The van der Waals surface area contributed by atoms with E-state index in [0.29, 0.717) is 18.9 Å². The average molecular weight is 254 g/mol.